The Kier molecular flexibility index (Phi) is 10.4. The molecular weight excluding hydrogens is 621 g/mol. The van der Waals surface area contributed by atoms with E-state index < -0.39 is 5.25 Å². The molecule has 3 atom stereocenters. The summed E-state index contributed by atoms with van der Waals surface area (Å²) >= 11 is 1.11. The summed E-state index contributed by atoms with van der Waals surface area (Å²) < 4.78 is 12.5. The fourth-order valence-electron chi connectivity index (χ4n) is 6.50. The number of carbonyl (C=O) groups is 2. The number of phenols is 1. The topological polar surface area (TPSA) is 79.3 Å². The molecule has 3 unspecified atom stereocenters. The predicted octanol–water partition coefficient (Wildman–Crippen LogP) is 8.56. The van der Waals surface area contributed by atoms with Crippen molar-refractivity contribution in [2.45, 2.75) is 104 Å². The number of imide groups is 1. The summed E-state index contributed by atoms with van der Waals surface area (Å²) in [6.45, 7) is 23.7. The number of amides is 2. The van der Waals surface area contributed by atoms with Gasteiger partial charge in [0.25, 0.3) is 5.24 Å². The van der Waals surface area contributed by atoms with E-state index in [1.54, 1.807) is 0 Å². The molecule has 3 aromatic carbocycles. The molecule has 258 valence electrons. The SMILES string of the molecule is Cc1ccc(N2C(=O)SC(Cc3ccc(OCC(C)N4CCOC(c5cc(C(C)(C)C)c(O)c(C(C)(C)C)c5)C4)cc3)C2=O)c(C)c1C. The van der Waals surface area contributed by atoms with Gasteiger partial charge in [-0.1, -0.05) is 71.5 Å². The number of thioether (sulfide) groups is 1. The minimum absolute atomic E-state index is 0.0961. The van der Waals surface area contributed by atoms with Crippen molar-refractivity contribution < 1.29 is 24.2 Å². The summed E-state index contributed by atoms with van der Waals surface area (Å²) in [6.07, 6.45) is 0.383. The number of phenolic OH excluding ortho intramolecular Hbond substituents is 1. The Morgan fingerprint density at radius 2 is 1.56 bits per heavy atom. The van der Waals surface area contributed by atoms with Crippen molar-refractivity contribution in [1.29, 1.82) is 0 Å². The summed E-state index contributed by atoms with van der Waals surface area (Å²) in [5.74, 6) is 0.994. The molecule has 7 nitrogen and oxygen atoms in total. The highest BCUT2D eigenvalue weighted by atomic mass is 32.2. The van der Waals surface area contributed by atoms with Crippen molar-refractivity contribution in [3.63, 3.8) is 0 Å². The first-order valence-corrected chi connectivity index (χ1v) is 17.9. The molecule has 0 saturated carbocycles. The molecular formula is C40H52N2O5S. The lowest BCUT2D eigenvalue weighted by molar-refractivity contribution is -0.117. The lowest BCUT2D eigenvalue weighted by atomic mass is 9.78. The van der Waals surface area contributed by atoms with E-state index in [4.69, 9.17) is 9.47 Å². The average molecular weight is 673 g/mol. The average Bonchev–Trinajstić information content (AvgIpc) is 3.30. The standard InChI is InChI=1S/C40H52N2O5S/c1-24-11-16-33(27(4)26(24)3)42-37(44)35(48-38(42)45)19-28-12-14-30(15-13-28)47-23-25(2)41-17-18-46-34(22-41)29-20-31(39(5,6)7)36(43)32(21-29)40(8,9)10/h11-16,20-21,25,34-35,43H,17-19,22-23H2,1-10H3. The van der Waals surface area contributed by atoms with Crippen molar-refractivity contribution >= 4 is 28.6 Å². The molecule has 0 spiro atoms. The normalized spacial score (nSPS) is 20.0. The zero-order chi connectivity index (χ0) is 35.1. The van der Waals surface area contributed by atoms with Crippen LogP contribution in [-0.2, 0) is 26.8 Å². The van der Waals surface area contributed by atoms with Crippen LogP contribution < -0.4 is 9.64 Å². The van der Waals surface area contributed by atoms with Crippen LogP contribution in [0, 0.1) is 20.8 Å². The monoisotopic (exact) mass is 672 g/mol. The molecule has 0 aromatic heterocycles. The molecule has 2 fully saturated rings. The number of morpholine rings is 1. The lowest BCUT2D eigenvalue weighted by Gasteiger charge is -2.38. The van der Waals surface area contributed by atoms with E-state index in [9.17, 15) is 14.7 Å². The van der Waals surface area contributed by atoms with Crippen LogP contribution in [0.4, 0.5) is 10.5 Å². The van der Waals surface area contributed by atoms with E-state index in [0.717, 1.165) is 69.5 Å². The summed E-state index contributed by atoms with van der Waals surface area (Å²) in [5.41, 5.74) is 7.47. The van der Waals surface area contributed by atoms with Crippen LogP contribution in [0.5, 0.6) is 11.5 Å². The first-order chi connectivity index (χ1) is 22.5. The number of aromatic hydroxyl groups is 1. The lowest BCUT2D eigenvalue weighted by Crippen LogP contribution is -2.45. The van der Waals surface area contributed by atoms with Gasteiger partial charge in [0.2, 0.25) is 5.91 Å². The van der Waals surface area contributed by atoms with Crippen molar-refractivity contribution in [3.05, 3.63) is 87.5 Å². The van der Waals surface area contributed by atoms with E-state index >= 15 is 0 Å². The molecule has 3 aromatic rings. The maximum atomic E-state index is 13.3. The van der Waals surface area contributed by atoms with E-state index in [1.807, 2.05) is 57.2 Å². The van der Waals surface area contributed by atoms with E-state index in [2.05, 4.69) is 65.5 Å². The Hall–Kier alpha value is -3.33. The molecule has 0 aliphatic carbocycles. The van der Waals surface area contributed by atoms with Crippen LogP contribution in [0.15, 0.2) is 48.5 Å². The summed E-state index contributed by atoms with van der Waals surface area (Å²) in [5, 5.41) is 10.5. The van der Waals surface area contributed by atoms with E-state index in [0.29, 0.717) is 31.1 Å². The number of aryl methyl sites for hydroxylation is 1. The Morgan fingerprint density at radius 1 is 0.938 bits per heavy atom. The van der Waals surface area contributed by atoms with Gasteiger partial charge in [0.05, 0.1) is 23.6 Å². The van der Waals surface area contributed by atoms with Crippen LogP contribution in [-0.4, -0.2) is 58.7 Å². The van der Waals surface area contributed by atoms with Crippen molar-refractivity contribution in [2.24, 2.45) is 0 Å². The van der Waals surface area contributed by atoms with Crippen LogP contribution >= 0.6 is 11.8 Å². The van der Waals surface area contributed by atoms with Gasteiger partial charge in [0, 0.05) is 19.1 Å². The molecule has 2 amide bonds. The molecule has 5 rings (SSSR count). The van der Waals surface area contributed by atoms with Crippen molar-refractivity contribution in [2.75, 3.05) is 31.2 Å². The predicted molar refractivity (Wildman–Crippen MR) is 196 cm³/mol. The maximum Gasteiger partial charge on any atom is 0.293 e. The largest absolute Gasteiger partial charge is 0.507 e. The summed E-state index contributed by atoms with van der Waals surface area (Å²) in [6, 6.07) is 16.1. The minimum Gasteiger partial charge on any atom is -0.507 e. The Balaban J connectivity index is 1.19. The summed E-state index contributed by atoms with van der Waals surface area (Å²) in [7, 11) is 0. The molecule has 2 heterocycles. The third-order valence-corrected chi connectivity index (χ3v) is 10.9. The second-order valence-corrected chi connectivity index (χ2v) is 16.7. The van der Waals surface area contributed by atoms with Crippen LogP contribution in [0.2, 0.25) is 0 Å². The Bertz CT molecular complexity index is 1640. The molecule has 8 heteroatoms. The second kappa shape index (κ2) is 13.9. The van der Waals surface area contributed by atoms with Crippen molar-refractivity contribution in [3.8, 4) is 11.5 Å². The van der Waals surface area contributed by atoms with Gasteiger partial charge in [-0.05, 0) is 114 Å². The number of benzene rings is 3. The van der Waals surface area contributed by atoms with Gasteiger partial charge in [-0.15, -0.1) is 0 Å². The molecule has 2 saturated heterocycles. The molecule has 1 N–H and O–H groups in total. The Morgan fingerprint density at radius 3 is 2.17 bits per heavy atom. The van der Waals surface area contributed by atoms with Crippen LogP contribution in [0.1, 0.15) is 93.5 Å². The second-order valence-electron chi connectivity index (χ2n) is 15.5. The third-order valence-electron chi connectivity index (χ3n) is 9.87. The van der Waals surface area contributed by atoms with Gasteiger partial charge in [0.1, 0.15) is 18.1 Å². The zero-order valence-corrected chi connectivity index (χ0v) is 31.1. The molecule has 0 bridgehead atoms. The number of carbonyl (C=O) groups excluding carboxylic acids is 2. The highest BCUT2D eigenvalue weighted by Gasteiger charge is 2.41. The van der Waals surface area contributed by atoms with E-state index in [-0.39, 0.29) is 34.1 Å². The van der Waals surface area contributed by atoms with Crippen molar-refractivity contribution in [1.82, 2.24) is 4.90 Å². The zero-order valence-electron chi connectivity index (χ0n) is 30.3. The van der Waals surface area contributed by atoms with Crippen LogP contribution in [0.3, 0.4) is 0 Å². The molecule has 2 aliphatic rings. The first kappa shape index (κ1) is 36.0. The van der Waals surface area contributed by atoms with Crippen LogP contribution in [0.25, 0.3) is 0 Å². The van der Waals surface area contributed by atoms with E-state index in [1.165, 1.54) is 4.90 Å². The number of hydrogen-bond acceptors (Lipinski definition) is 7. The smallest absolute Gasteiger partial charge is 0.293 e. The number of rotatable bonds is 8. The fraction of sp³-hybridized carbons (Fsp3) is 0.500. The molecule has 48 heavy (non-hydrogen) atoms. The first-order valence-electron chi connectivity index (χ1n) is 17.0. The van der Waals surface area contributed by atoms with Gasteiger partial charge in [-0.25, -0.2) is 4.90 Å². The number of nitrogens with zero attached hydrogens (tertiary/aromatic N) is 2. The van der Waals surface area contributed by atoms with Gasteiger partial charge in [0.15, 0.2) is 0 Å². The quantitative estimate of drug-likeness (QED) is 0.257. The van der Waals surface area contributed by atoms with Gasteiger partial charge >= 0.3 is 0 Å². The highest BCUT2D eigenvalue weighted by Crippen LogP contribution is 2.42. The molecule has 2 aliphatic heterocycles. The fourth-order valence-corrected chi connectivity index (χ4v) is 7.52. The highest BCUT2D eigenvalue weighted by molar-refractivity contribution is 8.15. The third kappa shape index (κ3) is 7.61. The minimum atomic E-state index is -0.452. The Labute approximate surface area is 291 Å². The number of anilines is 1. The van der Waals surface area contributed by atoms with Gasteiger partial charge < -0.3 is 14.6 Å². The summed E-state index contributed by atoms with van der Waals surface area (Å²) in [4.78, 5) is 30.0. The number of ether oxygens (including phenoxy) is 2. The van der Waals surface area contributed by atoms with Gasteiger partial charge in [-0.3, -0.25) is 14.5 Å². The number of hydrogen-bond donors (Lipinski definition) is 1. The van der Waals surface area contributed by atoms with Gasteiger partial charge in [-0.2, -0.15) is 0 Å². The molecule has 0 radical (unpaired) electrons. The maximum absolute atomic E-state index is 13.3.